The van der Waals surface area contributed by atoms with Crippen LogP contribution in [0.4, 0.5) is 8.78 Å². The lowest BCUT2D eigenvalue weighted by Crippen LogP contribution is -2.25. The summed E-state index contributed by atoms with van der Waals surface area (Å²) in [5.41, 5.74) is 0.143. The van der Waals surface area contributed by atoms with Crippen LogP contribution in [0, 0.1) is 47.1 Å². The van der Waals surface area contributed by atoms with E-state index in [0.717, 1.165) is 37.0 Å². The number of hydrogen-bond donors (Lipinski definition) is 0. The topological polar surface area (TPSA) is 9.23 Å². The fourth-order valence-corrected chi connectivity index (χ4v) is 5.50. The Kier molecular flexibility index (Phi) is 9.69. The van der Waals surface area contributed by atoms with Crippen LogP contribution in [-0.4, -0.2) is 6.61 Å². The number of unbranched alkanes of at least 4 members (excludes halogenated alkanes) is 2. The highest BCUT2D eigenvalue weighted by molar-refractivity contribution is 5.41. The zero-order valence-corrected chi connectivity index (χ0v) is 19.5. The molecule has 0 aromatic heterocycles. The summed E-state index contributed by atoms with van der Waals surface area (Å²) in [7, 11) is 0. The van der Waals surface area contributed by atoms with Gasteiger partial charge in [0.1, 0.15) is 0 Å². The van der Waals surface area contributed by atoms with E-state index in [0.29, 0.717) is 12.5 Å². The smallest absolute Gasteiger partial charge is 0.201 e. The van der Waals surface area contributed by atoms with E-state index < -0.39 is 11.6 Å². The first kappa shape index (κ1) is 24.1. The van der Waals surface area contributed by atoms with Gasteiger partial charge >= 0.3 is 0 Å². The Morgan fingerprint density at radius 1 is 0.839 bits per heavy atom. The van der Waals surface area contributed by atoms with E-state index in [9.17, 15) is 8.78 Å². The molecule has 2 aliphatic carbocycles. The fourth-order valence-electron chi connectivity index (χ4n) is 5.50. The van der Waals surface area contributed by atoms with E-state index in [1.807, 2.05) is 6.92 Å². The van der Waals surface area contributed by atoms with Crippen LogP contribution in [-0.2, 0) is 0 Å². The van der Waals surface area contributed by atoms with Crippen LogP contribution in [0.5, 0.6) is 5.75 Å². The van der Waals surface area contributed by atoms with Crippen LogP contribution < -0.4 is 4.74 Å². The van der Waals surface area contributed by atoms with Crippen LogP contribution in [0.15, 0.2) is 12.1 Å². The van der Waals surface area contributed by atoms with E-state index in [2.05, 4.69) is 18.8 Å². The van der Waals surface area contributed by atoms with Crippen molar-refractivity contribution in [3.05, 3.63) is 29.3 Å². The zero-order valence-electron chi connectivity index (χ0n) is 19.5. The number of rotatable bonds is 8. The number of halogens is 2. The van der Waals surface area contributed by atoms with E-state index in [1.165, 1.54) is 70.3 Å². The summed E-state index contributed by atoms with van der Waals surface area (Å²) in [4.78, 5) is 0. The summed E-state index contributed by atoms with van der Waals surface area (Å²) in [6.45, 7) is 4.60. The Morgan fingerprint density at radius 3 is 2.16 bits per heavy atom. The largest absolute Gasteiger partial charge is 0.490 e. The van der Waals surface area contributed by atoms with Gasteiger partial charge in [-0.1, -0.05) is 64.2 Å². The van der Waals surface area contributed by atoms with Crippen molar-refractivity contribution in [2.24, 2.45) is 23.7 Å². The molecule has 31 heavy (non-hydrogen) atoms. The molecule has 2 aliphatic rings. The van der Waals surface area contributed by atoms with Crippen molar-refractivity contribution in [2.45, 2.75) is 97.3 Å². The minimum absolute atomic E-state index is 0.0227. The highest BCUT2D eigenvalue weighted by atomic mass is 19.2. The standard InChI is InChI=1S/C28H40F2O/c1-3-5-6-7-21-8-13-23(14-9-21)24-15-10-22(11-16-24)12-17-25-18-19-26(31-20-4-2)28(30)27(25)29/h18-19,21-24H,3-11,13-16,20H2,1-2H3/t21-,22-,23-,24-. The van der Waals surface area contributed by atoms with Crippen LogP contribution in [0.1, 0.15) is 103 Å². The molecule has 0 heterocycles. The van der Waals surface area contributed by atoms with E-state index >= 15 is 0 Å². The molecule has 1 nitrogen and oxygen atoms in total. The van der Waals surface area contributed by atoms with Gasteiger partial charge in [0.15, 0.2) is 11.6 Å². The van der Waals surface area contributed by atoms with Crippen molar-refractivity contribution in [1.29, 1.82) is 0 Å². The summed E-state index contributed by atoms with van der Waals surface area (Å²) >= 11 is 0. The van der Waals surface area contributed by atoms with Crippen LogP contribution >= 0.6 is 0 Å². The average Bonchev–Trinajstić information content (AvgIpc) is 2.80. The van der Waals surface area contributed by atoms with Crippen molar-refractivity contribution in [1.82, 2.24) is 0 Å². The predicted molar refractivity (Wildman–Crippen MR) is 124 cm³/mol. The van der Waals surface area contributed by atoms with Crippen molar-refractivity contribution in [3.63, 3.8) is 0 Å². The zero-order chi connectivity index (χ0) is 22.1. The normalized spacial score (nSPS) is 26.2. The van der Waals surface area contributed by atoms with Crippen molar-refractivity contribution < 1.29 is 13.5 Å². The molecule has 2 fully saturated rings. The quantitative estimate of drug-likeness (QED) is 0.298. The van der Waals surface area contributed by atoms with Crippen LogP contribution in [0.2, 0.25) is 0 Å². The summed E-state index contributed by atoms with van der Waals surface area (Å²) in [6.07, 6.45) is 16.7. The second-order valence-corrected chi connectivity index (χ2v) is 9.75. The van der Waals surface area contributed by atoms with Gasteiger partial charge in [-0.3, -0.25) is 0 Å². The average molecular weight is 431 g/mol. The molecular weight excluding hydrogens is 390 g/mol. The van der Waals surface area contributed by atoms with Crippen molar-refractivity contribution in [3.8, 4) is 17.6 Å². The highest BCUT2D eigenvalue weighted by Crippen LogP contribution is 2.42. The van der Waals surface area contributed by atoms with E-state index in [4.69, 9.17) is 4.74 Å². The molecule has 0 atom stereocenters. The van der Waals surface area contributed by atoms with Gasteiger partial charge in [0.05, 0.1) is 12.2 Å². The SMILES string of the molecule is CCCCC[C@H]1CC[C@H]([C@H]2CC[C@H](C#Cc3ccc(OCCC)c(F)c3F)CC2)CC1. The van der Waals surface area contributed by atoms with Gasteiger partial charge < -0.3 is 4.74 Å². The second kappa shape index (κ2) is 12.5. The maximum absolute atomic E-state index is 14.3. The van der Waals surface area contributed by atoms with Gasteiger partial charge in [-0.25, -0.2) is 4.39 Å². The molecule has 0 saturated heterocycles. The molecule has 0 spiro atoms. The summed E-state index contributed by atoms with van der Waals surface area (Å²) in [5.74, 6) is 7.34. The molecule has 172 valence electrons. The Morgan fingerprint density at radius 2 is 1.52 bits per heavy atom. The first-order chi connectivity index (χ1) is 15.1. The summed E-state index contributed by atoms with van der Waals surface area (Å²) in [5, 5.41) is 0. The maximum Gasteiger partial charge on any atom is 0.201 e. The van der Waals surface area contributed by atoms with Gasteiger partial charge in [-0.2, -0.15) is 4.39 Å². The highest BCUT2D eigenvalue weighted by Gasteiger charge is 2.30. The van der Waals surface area contributed by atoms with E-state index in [1.54, 1.807) is 6.07 Å². The Bertz CT molecular complexity index is 731. The van der Waals surface area contributed by atoms with Gasteiger partial charge in [-0.15, -0.1) is 0 Å². The lowest BCUT2D eigenvalue weighted by atomic mass is 9.69. The Balaban J connectivity index is 1.45. The lowest BCUT2D eigenvalue weighted by molar-refractivity contribution is 0.153. The minimum Gasteiger partial charge on any atom is -0.490 e. The molecule has 1 aromatic rings. The van der Waals surface area contributed by atoms with E-state index in [-0.39, 0.29) is 11.3 Å². The van der Waals surface area contributed by atoms with Gasteiger partial charge in [0.25, 0.3) is 0 Å². The summed E-state index contributed by atoms with van der Waals surface area (Å²) < 4.78 is 33.7. The Labute approximate surface area is 188 Å². The lowest BCUT2D eigenvalue weighted by Gasteiger charge is -2.37. The molecule has 0 N–H and O–H groups in total. The first-order valence-electron chi connectivity index (χ1n) is 12.7. The molecule has 0 unspecified atom stereocenters. The second-order valence-electron chi connectivity index (χ2n) is 9.75. The number of ether oxygens (including phenoxy) is 1. The molecule has 3 heteroatoms. The predicted octanol–water partition coefficient (Wildman–Crippen LogP) is 8.30. The maximum atomic E-state index is 14.3. The molecule has 2 saturated carbocycles. The number of hydrogen-bond acceptors (Lipinski definition) is 1. The van der Waals surface area contributed by atoms with Gasteiger partial charge in [0.2, 0.25) is 5.82 Å². The number of benzene rings is 1. The summed E-state index contributed by atoms with van der Waals surface area (Å²) in [6, 6.07) is 3.04. The van der Waals surface area contributed by atoms with Gasteiger partial charge in [-0.05, 0) is 74.8 Å². The monoisotopic (exact) mass is 430 g/mol. The van der Waals surface area contributed by atoms with Gasteiger partial charge in [0, 0.05) is 5.92 Å². The molecule has 3 rings (SSSR count). The minimum atomic E-state index is -0.922. The fraction of sp³-hybridized carbons (Fsp3) is 0.714. The molecule has 0 aliphatic heterocycles. The third-order valence-corrected chi connectivity index (χ3v) is 7.47. The molecule has 0 amide bonds. The molecule has 0 radical (unpaired) electrons. The molecular formula is C28H40F2O. The van der Waals surface area contributed by atoms with Crippen LogP contribution in [0.3, 0.4) is 0 Å². The molecule has 1 aromatic carbocycles. The third-order valence-electron chi connectivity index (χ3n) is 7.47. The third kappa shape index (κ3) is 6.96. The first-order valence-corrected chi connectivity index (χ1v) is 12.7. The Hall–Kier alpha value is -1.56. The van der Waals surface area contributed by atoms with Crippen LogP contribution in [0.25, 0.3) is 0 Å². The van der Waals surface area contributed by atoms with Crippen molar-refractivity contribution in [2.75, 3.05) is 6.61 Å². The molecule has 0 bridgehead atoms. The van der Waals surface area contributed by atoms with Crippen molar-refractivity contribution >= 4 is 0 Å².